The summed E-state index contributed by atoms with van der Waals surface area (Å²) in [5.41, 5.74) is 4.67. The predicted octanol–water partition coefficient (Wildman–Crippen LogP) is 3.21. The molecule has 0 unspecified atom stereocenters. The molecular formula is C17H14IN3O2. The molecule has 0 atom stereocenters. The molecule has 0 spiro atoms. The number of amides is 1. The first-order valence-electron chi connectivity index (χ1n) is 6.80. The number of ether oxygens (including phenoxy) is 1. The summed E-state index contributed by atoms with van der Waals surface area (Å²) in [7, 11) is 0. The van der Waals surface area contributed by atoms with Crippen molar-refractivity contribution in [2.45, 2.75) is 13.5 Å². The van der Waals surface area contributed by atoms with Crippen molar-refractivity contribution in [3.63, 3.8) is 0 Å². The van der Waals surface area contributed by atoms with Crippen LogP contribution in [-0.2, 0) is 11.4 Å². The zero-order chi connectivity index (χ0) is 16.7. The Morgan fingerprint density at radius 2 is 2.17 bits per heavy atom. The molecule has 0 saturated carbocycles. The molecule has 0 aliphatic carbocycles. The van der Waals surface area contributed by atoms with Crippen LogP contribution in [-0.4, -0.2) is 12.1 Å². The summed E-state index contributed by atoms with van der Waals surface area (Å²) in [5, 5.41) is 12.9. The van der Waals surface area contributed by atoms with Crippen molar-refractivity contribution in [3.05, 3.63) is 62.7 Å². The minimum atomic E-state index is -0.216. The molecule has 0 fully saturated rings. The highest BCUT2D eigenvalue weighted by Gasteiger charge is 2.05. The molecule has 2 aromatic carbocycles. The number of halogens is 1. The highest BCUT2D eigenvalue weighted by Crippen LogP contribution is 2.23. The molecule has 0 aromatic heterocycles. The van der Waals surface area contributed by atoms with Gasteiger partial charge in [0.15, 0.2) is 0 Å². The SMILES string of the molecule is CC(=O)N/N=C/c1ccc(OCc2ccccc2C#N)c(I)c1. The van der Waals surface area contributed by atoms with Crippen molar-refractivity contribution in [1.29, 1.82) is 5.26 Å². The van der Waals surface area contributed by atoms with E-state index in [4.69, 9.17) is 10.00 Å². The predicted molar refractivity (Wildman–Crippen MR) is 96.1 cm³/mol. The van der Waals surface area contributed by atoms with Crippen molar-refractivity contribution in [3.8, 4) is 11.8 Å². The van der Waals surface area contributed by atoms with Gasteiger partial charge in [-0.2, -0.15) is 10.4 Å². The van der Waals surface area contributed by atoms with Gasteiger partial charge in [-0.15, -0.1) is 0 Å². The number of benzene rings is 2. The molecular weight excluding hydrogens is 405 g/mol. The van der Waals surface area contributed by atoms with Crippen LogP contribution in [0.4, 0.5) is 0 Å². The Labute approximate surface area is 148 Å². The molecule has 2 aromatic rings. The van der Waals surface area contributed by atoms with E-state index in [1.807, 2.05) is 36.4 Å². The molecule has 0 saturated heterocycles. The lowest BCUT2D eigenvalue weighted by molar-refractivity contribution is -0.118. The molecule has 6 heteroatoms. The van der Waals surface area contributed by atoms with Gasteiger partial charge >= 0.3 is 0 Å². The van der Waals surface area contributed by atoms with Gasteiger partial charge in [0.2, 0.25) is 5.91 Å². The molecule has 23 heavy (non-hydrogen) atoms. The number of rotatable bonds is 5. The second kappa shape index (κ2) is 8.29. The summed E-state index contributed by atoms with van der Waals surface area (Å²) in [6.45, 7) is 1.73. The Balaban J connectivity index is 2.05. The zero-order valence-electron chi connectivity index (χ0n) is 12.4. The smallest absolute Gasteiger partial charge is 0.236 e. The summed E-state index contributed by atoms with van der Waals surface area (Å²) in [4.78, 5) is 10.8. The number of nitrogens with zero attached hydrogens (tertiary/aromatic N) is 2. The van der Waals surface area contributed by atoms with E-state index in [1.54, 1.807) is 12.3 Å². The fraction of sp³-hybridized carbons (Fsp3) is 0.118. The van der Waals surface area contributed by atoms with Gasteiger partial charge in [0, 0.05) is 12.5 Å². The number of nitrogens with one attached hydrogen (secondary N) is 1. The molecule has 0 bridgehead atoms. The minimum Gasteiger partial charge on any atom is -0.488 e. The van der Waals surface area contributed by atoms with Gasteiger partial charge in [0.25, 0.3) is 0 Å². The van der Waals surface area contributed by atoms with Crippen LogP contribution in [0.3, 0.4) is 0 Å². The lowest BCUT2D eigenvalue weighted by atomic mass is 10.1. The molecule has 1 N–H and O–H groups in total. The van der Waals surface area contributed by atoms with Crippen molar-refractivity contribution in [2.24, 2.45) is 5.10 Å². The third-order valence-electron chi connectivity index (χ3n) is 2.91. The lowest BCUT2D eigenvalue weighted by Gasteiger charge is -2.09. The number of nitriles is 1. The zero-order valence-corrected chi connectivity index (χ0v) is 14.6. The first-order valence-corrected chi connectivity index (χ1v) is 7.88. The van der Waals surface area contributed by atoms with Crippen molar-refractivity contribution < 1.29 is 9.53 Å². The Hall–Kier alpha value is -2.40. The quantitative estimate of drug-likeness (QED) is 0.460. The molecule has 0 heterocycles. The molecule has 1 amide bonds. The number of hydrogen-bond acceptors (Lipinski definition) is 4. The maximum atomic E-state index is 10.8. The van der Waals surface area contributed by atoms with Gasteiger partial charge < -0.3 is 4.74 Å². The van der Waals surface area contributed by atoms with E-state index in [0.717, 1.165) is 20.4 Å². The topological polar surface area (TPSA) is 74.5 Å². The van der Waals surface area contributed by atoms with Crippen LogP contribution in [0.5, 0.6) is 5.75 Å². The molecule has 116 valence electrons. The highest BCUT2D eigenvalue weighted by atomic mass is 127. The Bertz CT molecular complexity index is 782. The maximum Gasteiger partial charge on any atom is 0.236 e. The van der Waals surface area contributed by atoms with Gasteiger partial charge in [-0.05, 0) is 52.4 Å². The molecule has 0 aliphatic heterocycles. The first-order chi connectivity index (χ1) is 11.1. The molecule has 2 rings (SSSR count). The van der Waals surface area contributed by atoms with Crippen LogP contribution in [0.2, 0.25) is 0 Å². The fourth-order valence-corrected chi connectivity index (χ4v) is 2.52. The van der Waals surface area contributed by atoms with Crippen LogP contribution in [0.15, 0.2) is 47.6 Å². The van der Waals surface area contributed by atoms with Crippen LogP contribution in [0.25, 0.3) is 0 Å². The second-order valence-corrected chi connectivity index (χ2v) is 5.84. The number of carbonyl (C=O) groups excluding carboxylic acids is 1. The van der Waals surface area contributed by atoms with Gasteiger partial charge in [-0.3, -0.25) is 4.79 Å². The maximum absolute atomic E-state index is 10.8. The first kappa shape index (κ1) is 17.0. The fourth-order valence-electron chi connectivity index (χ4n) is 1.82. The molecule has 0 radical (unpaired) electrons. The van der Waals surface area contributed by atoms with Crippen molar-refractivity contribution >= 4 is 34.7 Å². The van der Waals surface area contributed by atoms with Gasteiger partial charge in [-0.1, -0.05) is 18.2 Å². The van der Waals surface area contributed by atoms with Crippen molar-refractivity contribution in [1.82, 2.24) is 5.43 Å². The van der Waals surface area contributed by atoms with E-state index in [9.17, 15) is 4.79 Å². The van der Waals surface area contributed by atoms with Crippen LogP contribution in [0, 0.1) is 14.9 Å². The monoisotopic (exact) mass is 419 g/mol. The van der Waals surface area contributed by atoms with Crippen LogP contribution in [0.1, 0.15) is 23.6 Å². The summed E-state index contributed by atoms with van der Waals surface area (Å²) in [6, 6.07) is 15.1. The van der Waals surface area contributed by atoms with E-state index in [1.165, 1.54) is 6.92 Å². The minimum absolute atomic E-state index is 0.216. The summed E-state index contributed by atoms with van der Waals surface area (Å²) in [5.74, 6) is 0.516. The Morgan fingerprint density at radius 3 is 2.87 bits per heavy atom. The molecule has 5 nitrogen and oxygen atoms in total. The van der Waals surface area contributed by atoms with E-state index in [0.29, 0.717) is 12.2 Å². The van der Waals surface area contributed by atoms with E-state index < -0.39 is 0 Å². The number of carbonyl (C=O) groups is 1. The average Bonchev–Trinajstić information content (AvgIpc) is 2.54. The normalized spacial score (nSPS) is 10.3. The summed E-state index contributed by atoms with van der Waals surface area (Å²) >= 11 is 2.17. The van der Waals surface area contributed by atoms with E-state index in [2.05, 4.69) is 39.2 Å². The van der Waals surface area contributed by atoms with Gasteiger partial charge in [-0.25, -0.2) is 5.43 Å². The van der Waals surface area contributed by atoms with E-state index in [-0.39, 0.29) is 5.91 Å². The van der Waals surface area contributed by atoms with Crippen LogP contribution >= 0.6 is 22.6 Å². The molecule has 0 aliphatic rings. The van der Waals surface area contributed by atoms with Crippen molar-refractivity contribution in [2.75, 3.05) is 0 Å². The highest BCUT2D eigenvalue weighted by molar-refractivity contribution is 14.1. The van der Waals surface area contributed by atoms with Gasteiger partial charge in [0.1, 0.15) is 12.4 Å². The lowest BCUT2D eigenvalue weighted by Crippen LogP contribution is -2.12. The van der Waals surface area contributed by atoms with Gasteiger partial charge in [0.05, 0.1) is 21.4 Å². The standard InChI is InChI=1S/C17H14IN3O2/c1-12(22)21-20-10-13-6-7-17(16(18)8-13)23-11-15-5-3-2-4-14(15)9-19/h2-8,10H,11H2,1H3,(H,21,22)/b20-10+. The largest absolute Gasteiger partial charge is 0.488 e. The number of hydrazone groups is 1. The third kappa shape index (κ3) is 5.07. The third-order valence-corrected chi connectivity index (χ3v) is 3.76. The Morgan fingerprint density at radius 1 is 1.39 bits per heavy atom. The number of hydrogen-bond donors (Lipinski definition) is 1. The van der Waals surface area contributed by atoms with E-state index >= 15 is 0 Å². The average molecular weight is 419 g/mol. The van der Waals surface area contributed by atoms with Crippen LogP contribution < -0.4 is 10.2 Å². The second-order valence-electron chi connectivity index (χ2n) is 4.67. The summed E-state index contributed by atoms with van der Waals surface area (Å²) < 4.78 is 6.71. The summed E-state index contributed by atoms with van der Waals surface area (Å²) in [6.07, 6.45) is 1.57. The Kier molecular flexibility index (Phi) is 6.11.